The van der Waals surface area contributed by atoms with Gasteiger partial charge in [0.05, 0.1) is 6.54 Å². The van der Waals surface area contributed by atoms with Crippen molar-refractivity contribution in [1.29, 1.82) is 0 Å². The molecule has 0 heterocycles. The number of carbonyl (C=O) groups is 1. The molecule has 0 aliphatic heterocycles. The number of nitrogens with two attached hydrogens (primary N) is 1. The SMILES string of the molecule is CCCC(=O)Nc1cccc(CN=C(N)Nc2ccc(C(C)CC)cc2)c1. The van der Waals surface area contributed by atoms with Gasteiger partial charge in [0, 0.05) is 17.8 Å². The van der Waals surface area contributed by atoms with Gasteiger partial charge in [-0.1, -0.05) is 45.0 Å². The van der Waals surface area contributed by atoms with Crippen LogP contribution in [0.5, 0.6) is 0 Å². The van der Waals surface area contributed by atoms with Gasteiger partial charge in [0.15, 0.2) is 5.96 Å². The Labute approximate surface area is 162 Å². The van der Waals surface area contributed by atoms with Crippen LogP contribution in [0.15, 0.2) is 53.5 Å². The maximum absolute atomic E-state index is 11.7. The van der Waals surface area contributed by atoms with Gasteiger partial charge >= 0.3 is 0 Å². The van der Waals surface area contributed by atoms with E-state index in [9.17, 15) is 4.79 Å². The van der Waals surface area contributed by atoms with E-state index in [-0.39, 0.29) is 5.91 Å². The lowest BCUT2D eigenvalue weighted by molar-refractivity contribution is -0.116. The highest BCUT2D eigenvalue weighted by atomic mass is 16.1. The number of carbonyl (C=O) groups excluding carboxylic acids is 1. The van der Waals surface area contributed by atoms with Gasteiger partial charge in [-0.3, -0.25) is 4.79 Å². The first-order chi connectivity index (χ1) is 13.0. The third kappa shape index (κ3) is 6.77. The maximum atomic E-state index is 11.7. The predicted octanol–water partition coefficient (Wildman–Crippen LogP) is 4.87. The molecule has 1 unspecified atom stereocenters. The molecule has 0 saturated heterocycles. The molecule has 1 amide bonds. The van der Waals surface area contributed by atoms with Crippen molar-refractivity contribution in [1.82, 2.24) is 0 Å². The summed E-state index contributed by atoms with van der Waals surface area (Å²) >= 11 is 0. The van der Waals surface area contributed by atoms with Gasteiger partial charge in [-0.05, 0) is 54.2 Å². The maximum Gasteiger partial charge on any atom is 0.224 e. The van der Waals surface area contributed by atoms with E-state index >= 15 is 0 Å². The summed E-state index contributed by atoms with van der Waals surface area (Å²) in [4.78, 5) is 16.1. The molecule has 1 atom stereocenters. The van der Waals surface area contributed by atoms with Crippen LogP contribution >= 0.6 is 0 Å². The molecule has 2 aromatic carbocycles. The number of hydrogen-bond donors (Lipinski definition) is 3. The summed E-state index contributed by atoms with van der Waals surface area (Å²) in [6, 6.07) is 15.9. The third-order valence-electron chi connectivity index (χ3n) is 4.48. The predicted molar refractivity (Wildman–Crippen MR) is 114 cm³/mol. The molecule has 5 nitrogen and oxygen atoms in total. The average molecular weight is 367 g/mol. The second kappa shape index (κ2) is 10.4. The highest BCUT2D eigenvalue weighted by Gasteiger charge is 2.04. The summed E-state index contributed by atoms with van der Waals surface area (Å²) in [6.45, 7) is 6.84. The summed E-state index contributed by atoms with van der Waals surface area (Å²) in [6.07, 6.45) is 2.47. The summed E-state index contributed by atoms with van der Waals surface area (Å²) < 4.78 is 0. The molecular weight excluding hydrogens is 336 g/mol. The normalized spacial score (nSPS) is 12.5. The number of nitrogens with zero attached hydrogens (tertiary/aromatic N) is 1. The number of guanidine groups is 1. The van der Waals surface area contributed by atoms with Gasteiger partial charge in [0.2, 0.25) is 5.91 Å². The minimum absolute atomic E-state index is 0.0279. The summed E-state index contributed by atoms with van der Waals surface area (Å²) in [7, 11) is 0. The first kappa shape index (κ1) is 20.5. The van der Waals surface area contributed by atoms with Crippen molar-refractivity contribution in [2.24, 2.45) is 10.7 Å². The minimum Gasteiger partial charge on any atom is -0.370 e. The summed E-state index contributed by atoms with van der Waals surface area (Å²) in [5, 5.41) is 6.01. The summed E-state index contributed by atoms with van der Waals surface area (Å²) in [5.74, 6) is 0.946. The van der Waals surface area contributed by atoms with Gasteiger partial charge in [0.25, 0.3) is 0 Å². The Bertz CT molecular complexity index is 768. The molecule has 5 heteroatoms. The molecule has 0 aromatic heterocycles. The van der Waals surface area contributed by atoms with E-state index in [0.29, 0.717) is 24.8 Å². The zero-order chi connectivity index (χ0) is 19.6. The fraction of sp³-hybridized carbons (Fsp3) is 0.364. The molecule has 0 spiro atoms. The number of benzene rings is 2. The standard InChI is InChI=1S/C22H30N4O/c1-4-7-21(27)25-20-9-6-8-17(14-20)15-24-22(23)26-19-12-10-18(11-13-19)16(3)5-2/h6,8-14,16H,4-5,7,15H2,1-3H3,(H,25,27)(H3,23,24,26). The quantitative estimate of drug-likeness (QED) is 0.461. The Hall–Kier alpha value is -2.82. The first-order valence-electron chi connectivity index (χ1n) is 9.57. The molecule has 0 radical (unpaired) electrons. The monoisotopic (exact) mass is 366 g/mol. The smallest absolute Gasteiger partial charge is 0.224 e. The second-order valence-electron chi connectivity index (χ2n) is 6.76. The van der Waals surface area contributed by atoms with Crippen LogP contribution < -0.4 is 16.4 Å². The number of nitrogens with one attached hydrogen (secondary N) is 2. The molecule has 0 aliphatic rings. The van der Waals surface area contributed by atoms with E-state index < -0.39 is 0 Å². The van der Waals surface area contributed by atoms with Crippen LogP contribution in [0.25, 0.3) is 0 Å². The van der Waals surface area contributed by atoms with Gasteiger partial charge < -0.3 is 16.4 Å². The van der Waals surface area contributed by atoms with Crippen LogP contribution in [-0.2, 0) is 11.3 Å². The molecule has 27 heavy (non-hydrogen) atoms. The Kier molecular flexibility index (Phi) is 7.86. The number of rotatable bonds is 8. The highest BCUT2D eigenvalue weighted by molar-refractivity contribution is 5.92. The molecule has 0 fully saturated rings. The van der Waals surface area contributed by atoms with E-state index in [1.165, 1.54) is 5.56 Å². The molecule has 0 aliphatic carbocycles. The number of anilines is 2. The van der Waals surface area contributed by atoms with Crippen molar-refractivity contribution in [3.63, 3.8) is 0 Å². The Morgan fingerprint density at radius 2 is 1.81 bits per heavy atom. The second-order valence-corrected chi connectivity index (χ2v) is 6.76. The van der Waals surface area contributed by atoms with E-state index in [2.05, 4.69) is 41.6 Å². The van der Waals surface area contributed by atoms with Gasteiger partial charge in [-0.25, -0.2) is 4.99 Å². The first-order valence-corrected chi connectivity index (χ1v) is 9.57. The Morgan fingerprint density at radius 3 is 2.48 bits per heavy atom. The van der Waals surface area contributed by atoms with Crippen molar-refractivity contribution in [3.8, 4) is 0 Å². The fourth-order valence-corrected chi connectivity index (χ4v) is 2.69. The Balaban J connectivity index is 1.94. The van der Waals surface area contributed by atoms with Crippen LogP contribution in [0.3, 0.4) is 0 Å². The number of hydrogen-bond acceptors (Lipinski definition) is 2. The molecular formula is C22H30N4O. The van der Waals surface area contributed by atoms with Crippen LogP contribution in [-0.4, -0.2) is 11.9 Å². The van der Waals surface area contributed by atoms with Crippen LogP contribution in [0, 0.1) is 0 Å². The van der Waals surface area contributed by atoms with E-state index in [1.807, 2.05) is 43.3 Å². The third-order valence-corrected chi connectivity index (χ3v) is 4.48. The molecule has 2 rings (SSSR count). The van der Waals surface area contributed by atoms with E-state index in [4.69, 9.17) is 5.73 Å². The fourth-order valence-electron chi connectivity index (χ4n) is 2.69. The van der Waals surface area contributed by atoms with E-state index in [1.54, 1.807) is 0 Å². The molecule has 0 saturated carbocycles. The van der Waals surface area contributed by atoms with Crippen molar-refractivity contribution >= 4 is 23.2 Å². The van der Waals surface area contributed by atoms with Crippen molar-refractivity contribution in [2.75, 3.05) is 10.6 Å². The Morgan fingerprint density at radius 1 is 1.07 bits per heavy atom. The van der Waals surface area contributed by atoms with Crippen LogP contribution in [0.2, 0.25) is 0 Å². The van der Waals surface area contributed by atoms with Crippen molar-refractivity contribution in [3.05, 3.63) is 59.7 Å². The van der Waals surface area contributed by atoms with Gasteiger partial charge in [0.1, 0.15) is 0 Å². The van der Waals surface area contributed by atoms with Crippen LogP contribution in [0.4, 0.5) is 11.4 Å². The number of amides is 1. The lowest BCUT2D eigenvalue weighted by atomic mass is 9.99. The van der Waals surface area contributed by atoms with E-state index in [0.717, 1.165) is 29.8 Å². The largest absolute Gasteiger partial charge is 0.370 e. The lowest BCUT2D eigenvalue weighted by Crippen LogP contribution is -2.22. The molecule has 144 valence electrons. The topological polar surface area (TPSA) is 79.5 Å². The number of aliphatic imine (C=N–C) groups is 1. The molecule has 4 N–H and O–H groups in total. The average Bonchev–Trinajstić information content (AvgIpc) is 2.67. The minimum atomic E-state index is 0.0279. The lowest BCUT2D eigenvalue weighted by Gasteiger charge is -2.11. The molecule has 0 bridgehead atoms. The van der Waals surface area contributed by atoms with Gasteiger partial charge in [-0.15, -0.1) is 0 Å². The summed E-state index contributed by atoms with van der Waals surface area (Å²) in [5.41, 5.74) is 10.0. The van der Waals surface area contributed by atoms with Crippen molar-refractivity contribution in [2.45, 2.75) is 52.5 Å². The molecule has 2 aromatic rings. The van der Waals surface area contributed by atoms with Gasteiger partial charge in [-0.2, -0.15) is 0 Å². The zero-order valence-corrected chi connectivity index (χ0v) is 16.5. The van der Waals surface area contributed by atoms with Crippen molar-refractivity contribution < 1.29 is 4.79 Å². The highest BCUT2D eigenvalue weighted by Crippen LogP contribution is 2.20. The van der Waals surface area contributed by atoms with Crippen LogP contribution in [0.1, 0.15) is 57.1 Å². The zero-order valence-electron chi connectivity index (χ0n) is 16.5.